The minimum atomic E-state index is -0.183. The highest BCUT2D eigenvalue weighted by Gasteiger charge is 2.11. The molecular weight excluding hydrogens is 225 g/mol. The highest BCUT2D eigenvalue weighted by atomic mass is 35.5. The minimum Gasteiger partial charge on any atom is -0.324 e. The highest BCUT2D eigenvalue weighted by molar-refractivity contribution is 5.85. The van der Waals surface area contributed by atoms with Crippen LogP contribution in [0.15, 0.2) is 18.2 Å². The van der Waals surface area contributed by atoms with Gasteiger partial charge in [-0.2, -0.15) is 0 Å². The minimum absolute atomic E-state index is 0. The quantitative estimate of drug-likeness (QED) is 0.853. The van der Waals surface area contributed by atoms with Crippen LogP contribution in [0.5, 0.6) is 0 Å². The van der Waals surface area contributed by atoms with E-state index in [1.807, 2.05) is 13.0 Å². The van der Waals surface area contributed by atoms with Gasteiger partial charge in [-0.15, -0.1) is 12.4 Å². The van der Waals surface area contributed by atoms with E-state index in [0.29, 0.717) is 11.5 Å². The van der Waals surface area contributed by atoms with E-state index >= 15 is 0 Å². The van der Waals surface area contributed by atoms with E-state index in [2.05, 4.69) is 13.8 Å². The van der Waals surface area contributed by atoms with E-state index in [1.54, 1.807) is 6.07 Å². The molecule has 0 heterocycles. The Bertz CT molecular complexity index is 326. The first-order valence-electron chi connectivity index (χ1n) is 5.52. The zero-order valence-corrected chi connectivity index (χ0v) is 11.0. The molecule has 0 aliphatic heterocycles. The van der Waals surface area contributed by atoms with Gasteiger partial charge in [-0.1, -0.05) is 31.5 Å². The maximum absolute atomic E-state index is 13.5. The van der Waals surface area contributed by atoms with Crippen LogP contribution in [-0.2, 0) is 0 Å². The first kappa shape index (κ1) is 15.4. The van der Waals surface area contributed by atoms with Crippen LogP contribution >= 0.6 is 12.4 Å². The molecule has 1 atom stereocenters. The van der Waals surface area contributed by atoms with Crippen LogP contribution in [0.25, 0.3) is 0 Å². The number of hydrogen-bond acceptors (Lipinski definition) is 1. The molecule has 2 N–H and O–H groups in total. The fourth-order valence-electron chi connectivity index (χ4n) is 1.62. The molecule has 16 heavy (non-hydrogen) atoms. The molecule has 1 aromatic carbocycles. The molecule has 0 bridgehead atoms. The lowest BCUT2D eigenvalue weighted by atomic mass is 9.97. The van der Waals surface area contributed by atoms with Crippen molar-refractivity contribution in [3.05, 3.63) is 35.1 Å². The molecule has 1 nitrogen and oxygen atoms in total. The van der Waals surface area contributed by atoms with Crippen molar-refractivity contribution in [1.82, 2.24) is 0 Å². The van der Waals surface area contributed by atoms with Crippen molar-refractivity contribution in [2.75, 3.05) is 0 Å². The first-order chi connectivity index (χ1) is 7.00. The van der Waals surface area contributed by atoms with Crippen LogP contribution in [0.3, 0.4) is 0 Å². The van der Waals surface area contributed by atoms with E-state index in [4.69, 9.17) is 5.73 Å². The highest BCUT2D eigenvalue weighted by Crippen LogP contribution is 2.22. The van der Waals surface area contributed by atoms with Gasteiger partial charge in [0.25, 0.3) is 0 Å². The Labute approximate surface area is 104 Å². The van der Waals surface area contributed by atoms with Gasteiger partial charge < -0.3 is 5.73 Å². The first-order valence-corrected chi connectivity index (χ1v) is 5.52. The molecule has 0 radical (unpaired) electrons. The van der Waals surface area contributed by atoms with E-state index in [-0.39, 0.29) is 24.3 Å². The van der Waals surface area contributed by atoms with Crippen molar-refractivity contribution in [2.45, 2.75) is 39.7 Å². The predicted octanol–water partition coefficient (Wildman–Crippen LogP) is 3.99. The zero-order chi connectivity index (χ0) is 11.4. The van der Waals surface area contributed by atoms with Crippen LogP contribution in [-0.4, -0.2) is 0 Å². The Kier molecular flexibility index (Phi) is 6.61. The molecule has 0 aliphatic carbocycles. The van der Waals surface area contributed by atoms with Gasteiger partial charge in [-0.3, -0.25) is 0 Å². The number of benzene rings is 1. The lowest BCUT2D eigenvalue weighted by molar-refractivity contribution is 0.491. The summed E-state index contributed by atoms with van der Waals surface area (Å²) in [7, 11) is 0. The van der Waals surface area contributed by atoms with Crippen molar-refractivity contribution in [3.63, 3.8) is 0 Å². The third-order valence-corrected chi connectivity index (χ3v) is 2.61. The monoisotopic (exact) mass is 245 g/mol. The van der Waals surface area contributed by atoms with E-state index < -0.39 is 0 Å². The third-order valence-electron chi connectivity index (χ3n) is 2.61. The summed E-state index contributed by atoms with van der Waals surface area (Å²) in [5.74, 6) is 0.431. The van der Waals surface area contributed by atoms with Crippen LogP contribution in [0.4, 0.5) is 4.39 Å². The van der Waals surface area contributed by atoms with Gasteiger partial charge in [0, 0.05) is 11.6 Å². The Morgan fingerprint density at radius 2 is 1.88 bits per heavy atom. The summed E-state index contributed by atoms with van der Waals surface area (Å²) in [6.07, 6.45) is 1.88. The van der Waals surface area contributed by atoms with Gasteiger partial charge in [0.2, 0.25) is 0 Å². The molecule has 1 rings (SSSR count). The van der Waals surface area contributed by atoms with Crippen molar-refractivity contribution >= 4 is 12.4 Å². The smallest absolute Gasteiger partial charge is 0.127 e. The van der Waals surface area contributed by atoms with Gasteiger partial charge in [0.15, 0.2) is 0 Å². The van der Waals surface area contributed by atoms with Gasteiger partial charge >= 0.3 is 0 Å². The van der Waals surface area contributed by atoms with Crippen LogP contribution in [0.2, 0.25) is 0 Å². The van der Waals surface area contributed by atoms with Crippen molar-refractivity contribution in [1.29, 1.82) is 0 Å². The summed E-state index contributed by atoms with van der Waals surface area (Å²) in [6.45, 7) is 6.26. The number of aryl methyl sites for hydroxylation is 1. The summed E-state index contributed by atoms with van der Waals surface area (Å²) < 4.78 is 13.5. The van der Waals surface area contributed by atoms with Crippen LogP contribution < -0.4 is 5.73 Å². The molecular formula is C13H21ClFN. The Morgan fingerprint density at radius 1 is 1.25 bits per heavy atom. The molecule has 0 aromatic heterocycles. The summed E-state index contributed by atoms with van der Waals surface area (Å²) in [5.41, 5.74) is 7.68. The summed E-state index contributed by atoms with van der Waals surface area (Å²) >= 11 is 0. The second-order valence-electron chi connectivity index (χ2n) is 4.60. The van der Waals surface area contributed by atoms with Gasteiger partial charge in [-0.05, 0) is 31.7 Å². The number of nitrogens with two attached hydrogens (primary N) is 1. The lowest BCUT2D eigenvalue weighted by Gasteiger charge is -2.14. The molecule has 0 spiro atoms. The van der Waals surface area contributed by atoms with Crippen molar-refractivity contribution in [3.8, 4) is 0 Å². The second kappa shape index (κ2) is 6.87. The SMILES string of the molecule is Cc1ccc(F)c([C@@H](N)CCC(C)C)c1.Cl. The van der Waals surface area contributed by atoms with Gasteiger partial charge in [-0.25, -0.2) is 4.39 Å². The number of rotatable bonds is 4. The summed E-state index contributed by atoms with van der Waals surface area (Å²) in [5, 5.41) is 0. The standard InChI is InChI=1S/C13H20FN.ClH/c1-9(2)4-7-13(15)11-8-10(3)5-6-12(11)14;/h5-6,8-9,13H,4,7,15H2,1-3H3;1H/t13-;/m0./s1. The lowest BCUT2D eigenvalue weighted by Crippen LogP contribution is -2.13. The number of hydrogen-bond donors (Lipinski definition) is 1. The maximum Gasteiger partial charge on any atom is 0.127 e. The zero-order valence-electron chi connectivity index (χ0n) is 10.2. The van der Waals surface area contributed by atoms with E-state index in [9.17, 15) is 4.39 Å². The molecule has 0 amide bonds. The van der Waals surface area contributed by atoms with Gasteiger partial charge in [0.1, 0.15) is 5.82 Å². The number of halogens is 2. The second-order valence-corrected chi connectivity index (χ2v) is 4.60. The molecule has 0 saturated heterocycles. The molecule has 0 aliphatic rings. The van der Waals surface area contributed by atoms with Crippen molar-refractivity contribution < 1.29 is 4.39 Å². The largest absolute Gasteiger partial charge is 0.324 e. The molecule has 92 valence electrons. The van der Waals surface area contributed by atoms with E-state index in [1.165, 1.54) is 6.07 Å². The molecule has 1 aromatic rings. The normalized spacial score (nSPS) is 12.4. The molecule has 0 unspecified atom stereocenters. The average Bonchev–Trinajstić information content (AvgIpc) is 2.18. The Morgan fingerprint density at radius 3 is 2.44 bits per heavy atom. The third kappa shape index (κ3) is 4.50. The van der Waals surface area contributed by atoms with E-state index in [0.717, 1.165) is 18.4 Å². The maximum atomic E-state index is 13.5. The predicted molar refractivity (Wildman–Crippen MR) is 69.4 cm³/mol. The topological polar surface area (TPSA) is 26.0 Å². The summed E-state index contributed by atoms with van der Waals surface area (Å²) in [4.78, 5) is 0. The Hall–Kier alpha value is -0.600. The average molecular weight is 246 g/mol. The fraction of sp³-hybridized carbons (Fsp3) is 0.538. The molecule has 3 heteroatoms. The fourth-order valence-corrected chi connectivity index (χ4v) is 1.62. The molecule has 0 saturated carbocycles. The van der Waals surface area contributed by atoms with Crippen LogP contribution in [0.1, 0.15) is 43.9 Å². The van der Waals surface area contributed by atoms with Crippen LogP contribution in [0, 0.1) is 18.7 Å². The Balaban J connectivity index is 0.00000225. The summed E-state index contributed by atoms with van der Waals surface area (Å²) in [6, 6.07) is 4.95. The van der Waals surface area contributed by atoms with Crippen molar-refractivity contribution in [2.24, 2.45) is 11.7 Å². The molecule has 0 fully saturated rings. The van der Waals surface area contributed by atoms with Gasteiger partial charge in [0.05, 0.1) is 0 Å².